The van der Waals surface area contributed by atoms with Gasteiger partial charge in [-0.15, -0.1) is 11.3 Å². The molecule has 0 saturated carbocycles. The first kappa shape index (κ1) is 24.9. The van der Waals surface area contributed by atoms with Gasteiger partial charge in [-0.05, 0) is 62.3 Å². The Morgan fingerprint density at radius 2 is 2.00 bits per heavy atom. The van der Waals surface area contributed by atoms with E-state index in [2.05, 4.69) is 18.6 Å². The summed E-state index contributed by atoms with van der Waals surface area (Å²) in [7, 11) is 0.0329. The molecule has 1 unspecified atom stereocenters. The van der Waals surface area contributed by atoms with Crippen LogP contribution in [0.1, 0.15) is 36.8 Å². The average molecular weight is 500 g/mol. The second kappa shape index (κ2) is 10.0. The smallest absolute Gasteiger partial charge is 0.245 e. The van der Waals surface area contributed by atoms with Crippen molar-refractivity contribution in [2.45, 2.75) is 32.4 Å². The number of nitrogens with one attached hydrogen (secondary N) is 1. The van der Waals surface area contributed by atoms with Crippen molar-refractivity contribution in [3.8, 4) is 0 Å². The molecule has 1 fully saturated rings. The highest BCUT2D eigenvalue weighted by Gasteiger charge is 2.36. The largest absolute Gasteiger partial charge is 0.308 e. The van der Waals surface area contributed by atoms with E-state index in [0.29, 0.717) is 9.21 Å². The second-order valence-electron chi connectivity index (χ2n) is 8.30. The van der Waals surface area contributed by atoms with Crippen molar-refractivity contribution in [2.75, 3.05) is 25.5 Å². The molecule has 1 N–H and O–H groups in total. The van der Waals surface area contributed by atoms with Crippen LogP contribution < -0.4 is 9.62 Å². The van der Waals surface area contributed by atoms with E-state index in [9.17, 15) is 17.6 Å². The van der Waals surface area contributed by atoms with Gasteiger partial charge in [0.2, 0.25) is 15.9 Å². The number of hydrogen-bond acceptors (Lipinski definition) is 5. The van der Waals surface area contributed by atoms with Crippen molar-refractivity contribution < 1.29 is 17.6 Å². The van der Waals surface area contributed by atoms with Crippen molar-refractivity contribution in [1.82, 2.24) is 9.62 Å². The number of carbonyl (C=O) groups is 1. The Labute approximate surface area is 197 Å². The normalized spacial score (nSPS) is 18.4. The van der Waals surface area contributed by atoms with Gasteiger partial charge in [-0.3, -0.25) is 4.79 Å². The van der Waals surface area contributed by atoms with Gasteiger partial charge in [-0.25, -0.2) is 12.8 Å². The van der Waals surface area contributed by atoms with E-state index < -0.39 is 27.8 Å². The molecular formula is C22H27ClFN3O3S2. The molecule has 2 aromatic rings. The van der Waals surface area contributed by atoms with Crippen LogP contribution in [-0.4, -0.2) is 45.9 Å². The minimum absolute atomic E-state index is 0.0393. The molecule has 3 rings (SSSR count). The third-order valence-electron chi connectivity index (χ3n) is 5.31. The lowest BCUT2D eigenvalue weighted by Gasteiger charge is -2.29. The molecule has 0 aliphatic carbocycles. The van der Waals surface area contributed by atoms with Gasteiger partial charge in [0, 0.05) is 22.9 Å². The quantitative estimate of drug-likeness (QED) is 0.580. The first-order valence-electron chi connectivity index (χ1n) is 10.2. The molecule has 1 aromatic carbocycles. The predicted molar refractivity (Wildman–Crippen MR) is 129 cm³/mol. The number of thiophene rings is 1. The lowest BCUT2D eigenvalue weighted by Crippen LogP contribution is -2.40. The van der Waals surface area contributed by atoms with Crippen LogP contribution in [0.5, 0.6) is 0 Å². The fraction of sp³-hybridized carbons (Fsp3) is 0.409. The van der Waals surface area contributed by atoms with E-state index in [0.717, 1.165) is 11.0 Å². The fourth-order valence-electron chi connectivity index (χ4n) is 4.05. The van der Waals surface area contributed by atoms with Gasteiger partial charge < -0.3 is 9.80 Å². The zero-order valence-corrected chi connectivity index (χ0v) is 20.8. The zero-order chi connectivity index (χ0) is 23.6. The van der Waals surface area contributed by atoms with Crippen LogP contribution in [0.2, 0.25) is 4.34 Å². The number of amides is 1. The summed E-state index contributed by atoms with van der Waals surface area (Å²) in [4.78, 5) is 16.8. The van der Waals surface area contributed by atoms with Crippen molar-refractivity contribution in [3.63, 3.8) is 0 Å². The first-order valence-corrected chi connectivity index (χ1v) is 13.0. The number of nitrogens with zero attached hydrogens (tertiary/aromatic N) is 2. The number of hydrogen-bond donors (Lipinski definition) is 1. The first-order chi connectivity index (χ1) is 15.0. The van der Waals surface area contributed by atoms with Crippen LogP contribution in [0.15, 0.2) is 35.7 Å². The number of rotatable bonds is 8. The van der Waals surface area contributed by atoms with Crippen molar-refractivity contribution in [3.05, 3.63) is 56.3 Å². The minimum atomic E-state index is -3.85. The van der Waals surface area contributed by atoms with Crippen molar-refractivity contribution >= 4 is 50.6 Å². The van der Waals surface area contributed by atoms with E-state index in [-0.39, 0.29) is 30.6 Å². The Bertz CT molecular complexity index is 1110. The summed E-state index contributed by atoms with van der Waals surface area (Å²) in [5, 5.41) is 1.01. The maximum absolute atomic E-state index is 15.0. The molecule has 174 valence electrons. The van der Waals surface area contributed by atoms with Crippen LogP contribution in [0, 0.1) is 11.7 Å². The van der Waals surface area contributed by atoms with E-state index in [1.807, 2.05) is 25.1 Å². The lowest BCUT2D eigenvalue weighted by molar-refractivity contribution is -0.118. The van der Waals surface area contributed by atoms with Crippen LogP contribution in [0.3, 0.4) is 0 Å². The molecule has 0 bridgehead atoms. The SMILES string of the molecule is CC(C)C(c1ccc(N2CC[C@H](NS(=O)(=O)/C=C/c3ccc(Cl)s3)C2=O)c(F)c1)N(C)C. The molecule has 2 atom stereocenters. The molecule has 0 radical (unpaired) electrons. The fourth-order valence-corrected chi connectivity index (χ4v) is 6.12. The molecule has 10 heteroatoms. The summed E-state index contributed by atoms with van der Waals surface area (Å²) in [5.41, 5.74) is 0.986. The standard InChI is InChI=1S/C22H27ClFN3O3S2/c1-14(2)21(26(3)4)15-5-7-19(17(24)13-15)27-11-9-18(22(27)28)25-32(29,30)12-10-16-6-8-20(23)31-16/h5-8,10,12-14,18,21,25H,9,11H2,1-4H3/b12-10+/t18-,21?/m0/s1. The van der Waals surface area contributed by atoms with E-state index in [4.69, 9.17) is 11.6 Å². The summed E-state index contributed by atoms with van der Waals surface area (Å²) in [6.07, 6.45) is 1.68. The Morgan fingerprint density at radius 1 is 1.28 bits per heavy atom. The number of benzene rings is 1. The van der Waals surface area contributed by atoms with E-state index in [1.165, 1.54) is 28.4 Å². The second-order valence-corrected chi connectivity index (χ2v) is 11.6. The van der Waals surface area contributed by atoms with Gasteiger partial charge in [0.25, 0.3) is 0 Å². The zero-order valence-electron chi connectivity index (χ0n) is 18.4. The predicted octanol–water partition coefficient (Wildman–Crippen LogP) is 4.49. The molecule has 0 spiro atoms. The third kappa shape index (κ3) is 5.77. The molecule has 6 nitrogen and oxygen atoms in total. The molecule has 1 saturated heterocycles. The van der Waals surface area contributed by atoms with Gasteiger partial charge >= 0.3 is 0 Å². The van der Waals surface area contributed by atoms with Crippen LogP contribution >= 0.6 is 22.9 Å². The molecule has 2 heterocycles. The van der Waals surface area contributed by atoms with Gasteiger partial charge in [-0.2, -0.15) is 4.72 Å². The topological polar surface area (TPSA) is 69.7 Å². The van der Waals surface area contributed by atoms with Crippen molar-refractivity contribution in [1.29, 1.82) is 0 Å². The molecule has 1 aromatic heterocycles. The van der Waals surface area contributed by atoms with E-state index in [1.54, 1.807) is 18.2 Å². The van der Waals surface area contributed by atoms with Gasteiger partial charge in [0.15, 0.2) is 0 Å². The highest BCUT2D eigenvalue weighted by molar-refractivity contribution is 7.92. The van der Waals surface area contributed by atoms with Gasteiger partial charge in [-0.1, -0.05) is 31.5 Å². The van der Waals surface area contributed by atoms with Crippen molar-refractivity contribution in [2.24, 2.45) is 5.92 Å². The van der Waals surface area contributed by atoms with Gasteiger partial charge in [0.1, 0.15) is 11.9 Å². The van der Waals surface area contributed by atoms with Crippen LogP contribution in [0.25, 0.3) is 6.08 Å². The minimum Gasteiger partial charge on any atom is -0.308 e. The highest BCUT2D eigenvalue weighted by atomic mass is 35.5. The Hall–Kier alpha value is -1.78. The molecule has 1 aliphatic rings. The number of sulfonamides is 1. The summed E-state index contributed by atoms with van der Waals surface area (Å²) in [6, 6.07) is 7.35. The molecule has 1 amide bonds. The maximum atomic E-state index is 15.0. The monoisotopic (exact) mass is 499 g/mol. The number of carbonyl (C=O) groups excluding carboxylic acids is 1. The molecular weight excluding hydrogens is 473 g/mol. The van der Waals surface area contributed by atoms with Gasteiger partial charge in [0.05, 0.1) is 10.0 Å². The van der Waals surface area contributed by atoms with Crippen LogP contribution in [0.4, 0.5) is 10.1 Å². The summed E-state index contributed by atoms with van der Waals surface area (Å²) in [6.45, 7) is 4.37. The highest BCUT2D eigenvalue weighted by Crippen LogP contribution is 2.32. The number of halogens is 2. The number of anilines is 1. The maximum Gasteiger partial charge on any atom is 0.245 e. The Morgan fingerprint density at radius 3 is 2.56 bits per heavy atom. The van der Waals surface area contributed by atoms with E-state index >= 15 is 0 Å². The Balaban J connectivity index is 1.73. The molecule has 32 heavy (non-hydrogen) atoms. The summed E-state index contributed by atoms with van der Waals surface area (Å²) < 4.78 is 42.7. The third-order valence-corrected chi connectivity index (χ3v) is 7.61. The average Bonchev–Trinajstić information content (AvgIpc) is 3.26. The Kier molecular flexibility index (Phi) is 7.77. The molecule has 1 aliphatic heterocycles. The van der Waals surface area contributed by atoms with Crippen LogP contribution in [-0.2, 0) is 14.8 Å². The lowest BCUT2D eigenvalue weighted by atomic mass is 9.94. The summed E-state index contributed by atoms with van der Waals surface area (Å²) in [5.74, 6) is -0.692. The summed E-state index contributed by atoms with van der Waals surface area (Å²) >= 11 is 7.09.